The molecular formula is C14H17BrF2N2O. The summed E-state index contributed by atoms with van der Waals surface area (Å²) in [5.41, 5.74) is -0.489. The molecule has 3 nitrogen and oxygen atoms in total. The van der Waals surface area contributed by atoms with Crippen LogP contribution < -0.4 is 0 Å². The molecule has 2 rings (SSSR count). The third-order valence-electron chi connectivity index (χ3n) is 3.52. The van der Waals surface area contributed by atoms with Gasteiger partial charge in [0.15, 0.2) is 0 Å². The summed E-state index contributed by atoms with van der Waals surface area (Å²) in [6, 6.07) is 2.20. The molecule has 1 amide bonds. The van der Waals surface area contributed by atoms with E-state index in [-0.39, 0.29) is 4.47 Å². The number of hydrogen-bond acceptors (Lipinski definition) is 2. The third kappa shape index (κ3) is 3.55. The van der Waals surface area contributed by atoms with Crippen molar-refractivity contribution >= 4 is 21.8 Å². The molecule has 0 bridgehead atoms. The van der Waals surface area contributed by atoms with Crippen LogP contribution in [0.3, 0.4) is 0 Å². The maximum Gasteiger partial charge on any atom is 0.259 e. The summed E-state index contributed by atoms with van der Waals surface area (Å²) in [6.07, 6.45) is 2.35. The predicted octanol–water partition coefficient (Wildman–Crippen LogP) is 2.90. The van der Waals surface area contributed by atoms with Crippen molar-refractivity contribution in [2.75, 3.05) is 33.2 Å². The molecule has 0 aliphatic carbocycles. The molecule has 0 radical (unpaired) electrons. The third-order valence-corrected chi connectivity index (χ3v) is 3.98. The summed E-state index contributed by atoms with van der Waals surface area (Å²) >= 11 is 3.00. The SMILES string of the molecule is CN(CCN1CCCC1)C(=O)c1c(F)cc(Br)cc1F. The molecule has 0 unspecified atom stereocenters. The molecule has 0 spiro atoms. The van der Waals surface area contributed by atoms with E-state index in [1.54, 1.807) is 7.05 Å². The van der Waals surface area contributed by atoms with Gasteiger partial charge in [0.1, 0.15) is 17.2 Å². The number of hydrogen-bond donors (Lipinski definition) is 0. The normalized spacial score (nSPS) is 15.6. The Bertz CT molecular complexity index is 481. The highest BCUT2D eigenvalue weighted by atomic mass is 79.9. The molecule has 0 aromatic heterocycles. The molecule has 0 saturated carbocycles. The second-order valence-corrected chi connectivity index (χ2v) is 5.94. The van der Waals surface area contributed by atoms with Crippen LogP contribution >= 0.6 is 15.9 Å². The average molecular weight is 347 g/mol. The minimum absolute atomic E-state index is 0.281. The van der Waals surface area contributed by atoms with Gasteiger partial charge in [0, 0.05) is 24.6 Å². The molecule has 1 aliphatic heterocycles. The van der Waals surface area contributed by atoms with Gasteiger partial charge in [0.25, 0.3) is 5.91 Å². The molecule has 6 heteroatoms. The summed E-state index contributed by atoms with van der Waals surface area (Å²) in [7, 11) is 1.57. The van der Waals surface area contributed by atoms with Crippen LogP contribution in [0.5, 0.6) is 0 Å². The number of halogens is 3. The van der Waals surface area contributed by atoms with Crippen LogP contribution in [-0.2, 0) is 0 Å². The fraction of sp³-hybridized carbons (Fsp3) is 0.500. The van der Waals surface area contributed by atoms with Crippen molar-refractivity contribution in [1.29, 1.82) is 0 Å². The van der Waals surface area contributed by atoms with Gasteiger partial charge >= 0.3 is 0 Å². The second kappa shape index (κ2) is 6.63. The first-order valence-corrected chi connectivity index (χ1v) is 7.40. The number of likely N-dealkylation sites (tertiary alicyclic amines) is 1. The van der Waals surface area contributed by atoms with E-state index in [4.69, 9.17) is 0 Å². The van der Waals surface area contributed by atoms with E-state index in [2.05, 4.69) is 20.8 Å². The van der Waals surface area contributed by atoms with Crippen LogP contribution in [0.1, 0.15) is 23.2 Å². The van der Waals surface area contributed by atoms with E-state index in [1.807, 2.05) is 0 Å². The molecule has 1 aromatic carbocycles. The Hall–Kier alpha value is -1.01. The van der Waals surface area contributed by atoms with Crippen LogP contribution in [-0.4, -0.2) is 48.9 Å². The maximum atomic E-state index is 13.7. The zero-order valence-electron chi connectivity index (χ0n) is 11.3. The Morgan fingerprint density at radius 1 is 1.30 bits per heavy atom. The molecule has 110 valence electrons. The van der Waals surface area contributed by atoms with Crippen molar-refractivity contribution in [3.8, 4) is 0 Å². The van der Waals surface area contributed by atoms with Gasteiger partial charge in [-0.25, -0.2) is 8.78 Å². The lowest BCUT2D eigenvalue weighted by Crippen LogP contribution is -2.36. The topological polar surface area (TPSA) is 23.6 Å². The summed E-state index contributed by atoms with van der Waals surface area (Å²) in [5, 5.41) is 0. The standard InChI is InChI=1S/C14H17BrF2N2O/c1-18(6-7-19-4-2-3-5-19)14(20)13-11(16)8-10(15)9-12(13)17/h8-9H,2-7H2,1H3. The van der Waals surface area contributed by atoms with Crippen molar-refractivity contribution in [1.82, 2.24) is 9.80 Å². The highest BCUT2D eigenvalue weighted by Crippen LogP contribution is 2.20. The fourth-order valence-corrected chi connectivity index (χ4v) is 2.74. The van der Waals surface area contributed by atoms with E-state index in [1.165, 1.54) is 17.7 Å². The van der Waals surface area contributed by atoms with Crippen LogP contribution in [0, 0.1) is 11.6 Å². The lowest BCUT2D eigenvalue weighted by atomic mass is 10.1. The highest BCUT2D eigenvalue weighted by molar-refractivity contribution is 9.10. The van der Waals surface area contributed by atoms with Crippen molar-refractivity contribution in [3.63, 3.8) is 0 Å². The van der Waals surface area contributed by atoms with Gasteiger partial charge in [-0.05, 0) is 38.1 Å². The summed E-state index contributed by atoms with van der Waals surface area (Å²) in [6.45, 7) is 3.27. The maximum absolute atomic E-state index is 13.7. The smallest absolute Gasteiger partial charge is 0.259 e. The van der Waals surface area contributed by atoms with Gasteiger partial charge in [-0.1, -0.05) is 15.9 Å². The molecule has 1 fully saturated rings. The van der Waals surface area contributed by atoms with E-state index in [0.29, 0.717) is 6.54 Å². The predicted molar refractivity (Wildman–Crippen MR) is 76.7 cm³/mol. The quantitative estimate of drug-likeness (QED) is 0.836. The van der Waals surface area contributed by atoms with Crippen molar-refractivity contribution in [3.05, 3.63) is 33.8 Å². The van der Waals surface area contributed by atoms with Crippen molar-refractivity contribution < 1.29 is 13.6 Å². The van der Waals surface area contributed by atoms with Gasteiger partial charge in [-0.3, -0.25) is 4.79 Å². The van der Waals surface area contributed by atoms with E-state index in [0.717, 1.165) is 31.8 Å². The number of amides is 1. The Morgan fingerprint density at radius 3 is 2.40 bits per heavy atom. The largest absolute Gasteiger partial charge is 0.340 e. The van der Waals surface area contributed by atoms with E-state index < -0.39 is 23.1 Å². The molecule has 1 aliphatic rings. The van der Waals surface area contributed by atoms with Crippen LogP contribution in [0.4, 0.5) is 8.78 Å². The first-order valence-electron chi connectivity index (χ1n) is 6.61. The van der Waals surface area contributed by atoms with E-state index in [9.17, 15) is 13.6 Å². The number of benzene rings is 1. The lowest BCUT2D eigenvalue weighted by molar-refractivity contribution is 0.0772. The Balaban J connectivity index is 2.02. The van der Waals surface area contributed by atoms with Gasteiger partial charge in [0.05, 0.1) is 0 Å². The summed E-state index contributed by atoms with van der Waals surface area (Å²) in [4.78, 5) is 15.7. The van der Waals surface area contributed by atoms with Crippen LogP contribution in [0.25, 0.3) is 0 Å². The van der Waals surface area contributed by atoms with Gasteiger partial charge < -0.3 is 9.80 Å². The summed E-state index contributed by atoms with van der Waals surface area (Å²) < 4.78 is 27.8. The Kier molecular flexibility index (Phi) is 5.10. The zero-order valence-corrected chi connectivity index (χ0v) is 12.9. The molecule has 0 N–H and O–H groups in total. The van der Waals surface area contributed by atoms with Crippen molar-refractivity contribution in [2.24, 2.45) is 0 Å². The first kappa shape index (κ1) is 15.4. The molecule has 20 heavy (non-hydrogen) atoms. The number of nitrogens with zero attached hydrogens (tertiary/aromatic N) is 2. The monoisotopic (exact) mass is 346 g/mol. The second-order valence-electron chi connectivity index (χ2n) is 5.02. The van der Waals surface area contributed by atoms with Crippen LogP contribution in [0.2, 0.25) is 0 Å². The van der Waals surface area contributed by atoms with Gasteiger partial charge in [-0.2, -0.15) is 0 Å². The van der Waals surface area contributed by atoms with E-state index >= 15 is 0 Å². The minimum Gasteiger partial charge on any atom is -0.340 e. The molecule has 1 saturated heterocycles. The number of rotatable bonds is 4. The summed E-state index contributed by atoms with van der Waals surface area (Å²) in [5.74, 6) is -2.29. The number of likely N-dealkylation sites (N-methyl/N-ethyl adjacent to an activating group) is 1. The minimum atomic E-state index is -0.838. The molecule has 1 aromatic rings. The fourth-order valence-electron chi connectivity index (χ4n) is 2.34. The van der Waals surface area contributed by atoms with Gasteiger partial charge in [-0.15, -0.1) is 0 Å². The van der Waals surface area contributed by atoms with Gasteiger partial charge in [0.2, 0.25) is 0 Å². The molecule has 0 atom stereocenters. The molecule has 1 heterocycles. The number of carbonyl (C=O) groups excluding carboxylic acids is 1. The van der Waals surface area contributed by atoms with Crippen LogP contribution in [0.15, 0.2) is 16.6 Å². The highest BCUT2D eigenvalue weighted by Gasteiger charge is 2.22. The van der Waals surface area contributed by atoms with Crippen molar-refractivity contribution in [2.45, 2.75) is 12.8 Å². The molecular weight excluding hydrogens is 330 g/mol. The zero-order chi connectivity index (χ0) is 14.7. The first-order chi connectivity index (χ1) is 9.49. The lowest BCUT2D eigenvalue weighted by Gasteiger charge is -2.22. The number of carbonyl (C=O) groups is 1. The Morgan fingerprint density at radius 2 is 1.85 bits per heavy atom. The Labute approximate surface area is 125 Å². The average Bonchev–Trinajstić information content (AvgIpc) is 2.87.